The minimum atomic E-state index is 0.812. The van der Waals surface area contributed by atoms with Crippen molar-refractivity contribution in [1.29, 1.82) is 0 Å². The van der Waals surface area contributed by atoms with Crippen LogP contribution >= 0.6 is 0 Å². The van der Waals surface area contributed by atoms with Gasteiger partial charge in [0.1, 0.15) is 0 Å². The zero-order valence-electron chi connectivity index (χ0n) is 9.09. The van der Waals surface area contributed by atoms with Gasteiger partial charge in [0.2, 0.25) is 0 Å². The van der Waals surface area contributed by atoms with E-state index in [4.69, 9.17) is 5.73 Å². The molecule has 0 amide bonds. The molecule has 0 unspecified atom stereocenters. The summed E-state index contributed by atoms with van der Waals surface area (Å²) in [6.07, 6.45) is 2.14. The van der Waals surface area contributed by atoms with Crippen molar-refractivity contribution >= 4 is 11.4 Å². The van der Waals surface area contributed by atoms with Gasteiger partial charge in [0.15, 0.2) is 0 Å². The number of aryl methyl sites for hydroxylation is 1. The van der Waals surface area contributed by atoms with Gasteiger partial charge in [-0.2, -0.15) is 0 Å². The summed E-state index contributed by atoms with van der Waals surface area (Å²) in [4.78, 5) is 0. The summed E-state index contributed by atoms with van der Waals surface area (Å²) in [5, 5.41) is 3.31. The molecule has 0 saturated heterocycles. The first kappa shape index (κ1) is 10.6. The molecule has 0 aliphatic rings. The quantitative estimate of drug-likeness (QED) is 0.568. The van der Waals surface area contributed by atoms with Crippen molar-refractivity contribution in [2.75, 3.05) is 17.6 Å². The number of benzene rings is 1. The summed E-state index contributed by atoms with van der Waals surface area (Å²) in [5.41, 5.74) is 10.2. The molecule has 1 aromatic carbocycles. The van der Waals surface area contributed by atoms with E-state index in [0.717, 1.165) is 17.9 Å². The summed E-state index contributed by atoms with van der Waals surface area (Å²) in [7, 11) is 0. The number of nitrogens with two attached hydrogens (primary N) is 1. The molecule has 2 nitrogen and oxygen atoms in total. The normalized spacial score (nSPS) is 9.64. The molecular weight excluding hydrogens is 172 g/mol. The molecule has 0 aliphatic carbocycles. The van der Waals surface area contributed by atoms with Gasteiger partial charge in [0.05, 0.1) is 11.4 Å². The Morgan fingerprint density at radius 2 is 2.14 bits per heavy atom. The molecule has 0 aromatic heterocycles. The zero-order valence-corrected chi connectivity index (χ0v) is 9.09. The van der Waals surface area contributed by atoms with Gasteiger partial charge in [0.25, 0.3) is 0 Å². The van der Waals surface area contributed by atoms with Gasteiger partial charge in [-0.15, -0.1) is 0 Å². The molecular formula is C12H18N2. The van der Waals surface area contributed by atoms with Crippen LogP contribution in [-0.2, 0) is 0 Å². The van der Waals surface area contributed by atoms with Crippen molar-refractivity contribution in [3.63, 3.8) is 0 Å². The molecule has 2 heteroatoms. The number of hydrogen-bond donors (Lipinski definition) is 2. The molecule has 0 atom stereocenters. The first-order chi connectivity index (χ1) is 6.61. The van der Waals surface area contributed by atoms with Crippen molar-refractivity contribution in [1.82, 2.24) is 0 Å². The molecule has 0 spiro atoms. The average Bonchev–Trinajstić information content (AvgIpc) is 2.09. The van der Waals surface area contributed by atoms with Crippen LogP contribution in [0.2, 0.25) is 0 Å². The minimum Gasteiger partial charge on any atom is -0.397 e. The summed E-state index contributed by atoms with van der Waals surface area (Å²) in [6, 6.07) is 5.94. The second-order valence-electron chi connectivity index (χ2n) is 3.70. The fourth-order valence-corrected chi connectivity index (χ4v) is 1.29. The largest absolute Gasteiger partial charge is 0.397 e. The maximum atomic E-state index is 5.86. The Hall–Kier alpha value is -1.44. The molecule has 1 rings (SSSR count). The van der Waals surface area contributed by atoms with E-state index in [1.807, 2.05) is 12.1 Å². The van der Waals surface area contributed by atoms with Crippen LogP contribution in [0.25, 0.3) is 0 Å². The Morgan fingerprint density at radius 1 is 1.43 bits per heavy atom. The minimum absolute atomic E-state index is 0.812. The van der Waals surface area contributed by atoms with Crippen molar-refractivity contribution in [3.8, 4) is 0 Å². The standard InChI is InChI=1S/C12H18N2/c1-9(2)7-8-14-12-10(3)5-4-6-11(12)13/h4-7,14H,8,13H2,1-3H3. The number of nitrogens with one attached hydrogen (secondary N) is 1. The van der Waals surface area contributed by atoms with E-state index in [9.17, 15) is 0 Å². The van der Waals surface area contributed by atoms with Crippen LogP contribution in [0.3, 0.4) is 0 Å². The van der Waals surface area contributed by atoms with E-state index >= 15 is 0 Å². The molecule has 0 aliphatic heterocycles. The van der Waals surface area contributed by atoms with Gasteiger partial charge in [-0.05, 0) is 32.4 Å². The number of hydrogen-bond acceptors (Lipinski definition) is 2. The average molecular weight is 190 g/mol. The van der Waals surface area contributed by atoms with E-state index in [1.165, 1.54) is 11.1 Å². The van der Waals surface area contributed by atoms with E-state index in [2.05, 4.69) is 38.2 Å². The molecule has 14 heavy (non-hydrogen) atoms. The molecule has 76 valence electrons. The highest BCUT2D eigenvalue weighted by atomic mass is 14.9. The molecule has 3 N–H and O–H groups in total. The Labute approximate surface area is 85.8 Å². The topological polar surface area (TPSA) is 38.0 Å². The maximum Gasteiger partial charge on any atom is 0.0606 e. The summed E-state index contributed by atoms with van der Waals surface area (Å²) in [5.74, 6) is 0. The number of anilines is 2. The predicted octanol–water partition coefficient (Wildman–Crippen LogP) is 2.96. The number of rotatable bonds is 3. The summed E-state index contributed by atoms with van der Waals surface area (Å²) >= 11 is 0. The molecule has 0 bridgehead atoms. The van der Waals surface area contributed by atoms with Crippen molar-refractivity contribution in [2.45, 2.75) is 20.8 Å². The van der Waals surface area contributed by atoms with Gasteiger partial charge in [-0.3, -0.25) is 0 Å². The van der Waals surface area contributed by atoms with Gasteiger partial charge in [-0.25, -0.2) is 0 Å². The first-order valence-electron chi connectivity index (χ1n) is 4.83. The van der Waals surface area contributed by atoms with Crippen LogP contribution in [-0.4, -0.2) is 6.54 Å². The fourth-order valence-electron chi connectivity index (χ4n) is 1.29. The van der Waals surface area contributed by atoms with E-state index in [0.29, 0.717) is 0 Å². The Bertz CT molecular complexity index is 316. The second-order valence-corrected chi connectivity index (χ2v) is 3.70. The summed E-state index contributed by atoms with van der Waals surface area (Å²) < 4.78 is 0. The van der Waals surface area contributed by atoms with E-state index < -0.39 is 0 Å². The lowest BCUT2D eigenvalue weighted by atomic mass is 10.1. The monoisotopic (exact) mass is 190 g/mol. The molecule has 0 fully saturated rings. The fraction of sp³-hybridized carbons (Fsp3) is 0.333. The van der Waals surface area contributed by atoms with Crippen molar-refractivity contribution in [2.24, 2.45) is 0 Å². The summed E-state index contributed by atoms with van der Waals surface area (Å²) in [6.45, 7) is 7.06. The SMILES string of the molecule is CC(C)=CCNc1c(C)cccc1N. The lowest BCUT2D eigenvalue weighted by molar-refractivity contribution is 1.25. The second kappa shape index (κ2) is 4.70. The molecule has 0 heterocycles. The highest BCUT2D eigenvalue weighted by molar-refractivity contribution is 5.69. The molecule has 0 radical (unpaired) electrons. The van der Waals surface area contributed by atoms with E-state index in [-0.39, 0.29) is 0 Å². The van der Waals surface area contributed by atoms with Crippen LogP contribution in [0.1, 0.15) is 19.4 Å². The third kappa shape index (κ3) is 2.80. The Morgan fingerprint density at radius 3 is 2.71 bits per heavy atom. The Balaban J connectivity index is 2.71. The lowest BCUT2D eigenvalue weighted by Gasteiger charge is -2.10. The van der Waals surface area contributed by atoms with Gasteiger partial charge in [-0.1, -0.05) is 23.8 Å². The Kier molecular flexibility index (Phi) is 3.57. The number of nitrogen functional groups attached to an aromatic ring is 1. The van der Waals surface area contributed by atoms with Crippen LogP contribution in [0, 0.1) is 6.92 Å². The third-order valence-corrected chi connectivity index (χ3v) is 2.09. The van der Waals surface area contributed by atoms with Crippen LogP contribution in [0.5, 0.6) is 0 Å². The predicted molar refractivity (Wildman–Crippen MR) is 63.5 cm³/mol. The van der Waals surface area contributed by atoms with Gasteiger partial charge < -0.3 is 11.1 Å². The van der Waals surface area contributed by atoms with Gasteiger partial charge in [0, 0.05) is 6.54 Å². The first-order valence-corrected chi connectivity index (χ1v) is 4.83. The van der Waals surface area contributed by atoms with Crippen LogP contribution in [0.4, 0.5) is 11.4 Å². The van der Waals surface area contributed by atoms with Gasteiger partial charge >= 0.3 is 0 Å². The smallest absolute Gasteiger partial charge is 0.0606 e. The number of allylic oxidation sites excluding steroid dienone is 1. The maximum absolute atomic E-state index is 5.86. The zero-order chi connectivity index (χ0) is 10.6. The third-order valence-electron chi connectivity index (χ3n) is 2.09. The van der Waals surface area contributed by atoms with Crippen LogP contribution < -0.4 is 11.1 Å². The van der Waals surface area contributed by atoms with Crippen molar-refractivity contribution < 1.29 is 0 Å². The van der Waals surface area contributed by atoms with Crippen LogP contribution in [0.15, 0.2) is 29.8 Å². The lowest BCUT2D eigenvalue weighted by Crippen LogP contribution is -2.03. The van der Waals surface area contributed by atoms with Crippen molar-refractivity contribution in [3.05, 3.63) is 35.4 Å². The molecule has 0 saturated carbocycles. The highest BCUT2D eigenvalue weighted by Crippen LogP contribution is 2.21. The molecule has 1 aromatic rings. The number of para-hydroxylation sites is 1. The highest BCUT2D eigenvalue weighted by Gasteiger charge is 1.99. The van der Waals surface area contributed by atoms with E-state index in [1.54, 1.807) is 0 Å².